The molecule has 4 aromatic rings. The zero-order chi connectivity index (χ0) is 17.6. The van der Waals surface area contributed by atoms with E-state index in [0.717, 1.165) is 37.2 Å². The van der Waals surface area contributed by atoms with E-state index < -0.39 is 0 Å². The minimum Gasteiger partial charge on any atom is -0.469 e. The summed E-state index contributed by atoms with van der Waals surface area (Å²) in [4.78, 5) is 6.92. The molecule has 0 aliphatic heterocycles. The van der Waals surface area contributed by atoms with Crippen molar-refractivity contribution in [2.45, 2.75) is 19.4 Å². The smallest absolute Gasteiger partial charge is 0.103 e. The third kappa shape index (κ3) is 3.77. The zero-order valence-electron chi connectivity index (χ0n) is 14.7. The van der Waals surface area contributed by atoms with Gasteiger partial charge < -0.3 is 9.32 Å². The summed E-state index contributed by atoms with van der Waals surface area (Å²) in [5, 5.41) is 1.22. The van der Waals surface area contributed by atoms with E-state index in [4.69, 9.17) is 4.42 Å². The fourth-order valence-electron chi connectivity index (χ4n) is 3.34. The van der Waals surface area contributed by atoms with Crippen LogP contribution in [0.5, 0.6) is 0 Å². The van der Waals surface area contributed by atoms with Crippen LogP contribution in [0.4, 0.5) is 5.69 Å². The highest BCUT2D eigenvalue weighted by molar-refractivity contribution is 5.82. The first-order valence-electron chi connectivity index (χ1n) is 9.05. The van der Waals surface area contributed by atoms with E-state index in [2.05, 4.69) is 64.5 Å². The second-order valence-electron chi connectivity index (χ2n) is 6.43. The fraction of sp³-hybridized carbons (Fsp3) is 0.174. The Morgan fingerprint density at radius 1 is 0.846 bits per heavy atom. The molecule has 0 spiro atoms. The van der Waals surface area contributed by atoms with Crippen LogP contribution in [0, 0.1) is 0 Å². The van der Waals surface area contributed by atoms with Gasteiger partial charge in [0.05, 0.1) is 11.8 Å². The number of fused-ring (bicyclic) bond motifs is 1. The number of anilines is 1. The number of hydrogen-bond donors (Lipinski definition) is 0. The van der Waals surface area contributed by atoms with E-state index in [1.807, 2.05) is 24.4 Å². The molecule has 0 amide bonds. The van der Waals surface area contributed by atoms with Crippen LogP contribution in [-0.2, 0) is 13.0 Å². The van der Waals surface area contributed by atoms with Gasteiger partial charge in [-0.2, -0.15) is 0 Å². The first kappa shape index (κ1) is 16.4. The van der Waals surface area contributed by atoms with Gasteiger partial charge in [-0.1, -0.05) is 36.4 Å². The first-order chi connectivity index (χ1) is 12.9. The normalized spacial score (nSPS) is 10.9. The minimum atomic E-state index is 0.866. The van der Waals surface area contributed by atoms with Gasteiger partial charge in [0.1, 0.15) is 5.76 Å². The maximum atomic E-state index is 5.47. The van der Waals surface area contributed by atoms with Crippen molar-refractivity contribution in [3.8, 4) is 0 Å². The second kappa shape index (κ2) is 7.87. The molecule has 0 saturated heterocycles. The molecule has 3 heteroatoms. The molecule has 0 unspecified atom stereocenters. The Labute approximate surface area is 153 Å². The summed E-state index contributed by atoms with van der Waals surface area (Å²) in [6, 6.07) is 25.1. The van der Waals surface area contributed by atoms with Gasteiger partial charge in [-0.3, -0.25) is 4.98 Å². The number of aromatic nitrogens is 1. The summed E-state index contributed by atoms with van der Waals surface area (Å²) in [7, 11) is 0. The van der Waals surface area contributed by atoms with Crippen LogP contribution < -0.4 is 4.90 Å². The second-order valence-corrected chi connectivity index (χ2v) is 6.43. The van der Waals surface area contributed by atoms with Crippen LogP contribution in [0.15, 0.2) is 89.7 Å². The summed E-state index contributed by atoms with van der Waals surface area (Å²) < 4.78 is 5.47. The Morgan fingerprint density at radius 3 is 2.54 bits per heavy atom. The number of para-hydroxylation sites is 2. The number of hydrogen-bond acceptors (Lipinski definition) is 3. The third-order valence-electron chi connectivity index (χ3n) is 4.65. The highest BCUT2D eigenvalue weighted by Crippen LogP contribution is 2.22. The zero-order valence-corrected chi connectivity index (χ0v) is 14.7. The van der Waals surface area contributed by atoms with Gasteiger partial charge in [0, 0.05) is 36.8 Å². The molecule has 0 atom stereocenters. The Balaban J connectivity index is 1.56. The summed E-state index contributed by atoms with van der Waals surface area (Å²) in [6.07, 6.45) is 5.65. The molecule has 0 radical (unpaired) electrons. The average molecular weight is 342 g/mol. The van der Waals surface area contributed by atoms with Crippen LogP contribution in [0.3, 0.4) is 0 Å². The standard InChI is InChI=1S/C23H22N2O/c1-2-8-20(9-3-1)25(16-6-10-21-11-7-17-26-21)18-19-14-15-24-23-13-5-4-12-22(19)23/h1-5,7-9,11-15,17H,6,10,16,18H2. The van der Waals surface area contributed by atoms with Gasteiger partial charge in [0.15, 0.2) is 0 Å². The summed E-state index contributed by atoms with van der Waals surface area (Å²) in [5.74, 6) is 1.05. The molecule has 0 aliphatic rings. The Bertz CT molecular complexity index is 943. The molecular formula is C23H22N2O. The van der Waals surface area contributed by atoms with Crippen LogP contribution in [-0.4, -0.2) is 11.5 Å². The average Bonchev–Trinajstić information content (AvgIpc) is 3.22. The molecule has 130 valence electrons. The quantitative estimate of drug-likeness (QED) is 0.446. The molecule has 26 heavy (non-hydrogen) atoms. The van der Waals surface area contributed by atoms with Gasteiger partial charge in [0.2, 0.25) is 0 Å². The fourth-order valence-corrected chi connectivity index (χ4v) is 3.34. The highest BCUT2D eigenvalue weighted by Gasteiger charge is 2.10. The monoisotopic (exact) mass is 342 g/mol. The van der Waals surface area contributed by atoms with E-state index in [-0.39, 0.29) is 0 Å². The summed E-state index contributed by atoms with van der Waals surface area (Å²) in [6.45, 7) is 1.84. The predicted molar refractivity (Wildman–Crippen MR) is 106 cm³/mol. The molecule has 4 rings (SSSR count). The maximum Gasteiger partial charge on any atom is 0.103 e. The van der Waals surface area contributed by atoms with Crippen LogP contribution in [0.1, 0.15) is 17.7 Å². The molecule has 2 heterocycles. The van der Waals surface area contributed by atoms with Crippen LogP contribution in [0.25, 0.3) is 10.9 Å². The Morgan fingerprint density at radius 2 is 1.69 bits per heavy atom. The van der Waals surface area contributed by atoms with Crippen molar-refractivity contribution >= 4 is 16.6 Å². The molecule has 3 nitrogen and oxygen atoms in total. The lowest BCUT2D eigenvalue weighted by molar-refractivity contribution is 0.501. The third-order valence-corrected chi connectivity index (χ3v) is 4.65. The molecule has 0 N–H and O–H groups in total. The number of pyridine rings is 1. The van der Waals surface area contributed by atoms with E-state index in [1.54, 1.807) is 6.26 Å². The predicted octanol–water partition coefficient (Wildman–Crippen LogP) is 5.47. The van der Waals surface area contributed by atoms with E-state index in [9.17, 15) is 0 Å². The van der Waals surface area contributed by atoms with Gasteiger partial charge in [-0.05, 0) is 48.4 Å². The van der Waals surface area contributed by atoms with E-state index in [0.29, 0.717) is 0 Å². The number of aryl methyl sites for hydroxylation is 1. The number of nitrogens with zero attached hydrogens (tertiary/aromatic N) is 2. The van der Waals surface area contributed by atoms with Crippen molar-refractivity contribution in [2.75, 3.05) is 11.4 Å². The Hall–Kier alpha value is -3.07. The molecule has 0 saturated carbocycles. The van der Waals surface area contributed by atoms with Gasteiger partial charge in [-0.25, -0.2) is 0 Å². The minimum absolute atomic E-state index is 0.866. The number of benzene rings is 2. The molecule has 2 aromatic heterocycles. The van der Waals surface area contributed by atoms with Crippen molar-refractivity contribution in [1.82, 2.24) is 4.98 Å². The van der Waals surface area contributed by atoms with Crippen molar-refractivity contribution in [1.29, 1.82) is 0 Å². The molecule has 0 bridgehead atoms. The lowest BCUT2D eigenvalue weighted by Gasteiger charge is -2.25. The lowest BCUT2D eigenvalue weighted by atomic mass is 10.1. The van der Waals surface area contributed by atoms with Crippen molar-refractivity contribution in [3.05, 3.63) is 96.6 Å². The summed E-state index contributed by atoms with van der Waals surface area (Å²) >= 11 is 0. The number of furan rings is 1. The molecule has 2 aromatic carbocycles. The largest absolute Gasteiger partial charge is 0.469 e. The van der Waals surface area contributed by atoms with Crippen LogP contribution in [0.2, 0.25) is 0 Å². The molecule has 0 aliphatic carbocycles. The number of rotatable bonds is 7. The van der Waals surface area contributed by atoms with Crippen LogP contribution >= 0.6 is 0 Å². The van der Waals surface area contributed by atoms with Gasteiger partial charge >= 0.3 is 0 Å². The maximum absolute atomic E-state index is 5.47. The Kier molecular flexibility index (Phi) is 4.97. The van der Waals surface area contributed by atoms with Crippen molar-refractivity contribution in [2.24, 2.45) is 0 Å². The van der Waals surface area contributed by atoms with Gasteiger partial charge in [0.25, 0.3) is 0 Å². The summed E-state index contributed by atoms with van der Waals surface area (Å²) in [5.41, 5.74) is 3.60. The molecular weight excluding hydrogens is 320 g/mol. The van der Waals surface area contributed by atoms with Crippen molar-refractivity contribution in [3.63, 3.8) is 0 Å². The first-order valence-corrected chi connectivity index (χ1v) is 9.05. The van der Waals surface area contributed by atoms with E-state index in [1.165, 1.54) is 16.6 Å². The lowest BCUT2D eigenvalue weighted by Crippen LogP contribution is -2.24. The molecule has 0 fully saturated rings. The van der Waals surface area contributed by atoms with E-state index >= 15 is 0 Å². The SMILES string of the molecule is c1ccc(N(CCCc2ccco2)Cc2ccnc3ccccc23)cc1. The van der Waals surface area contributed by atoms with Crippen molar-refractivity contribution < 1.29 is 4.42 Å². The van der Waals surface area contributed by atoms with Gasteiger partial charge in [-0.15, -0.1) is 0 Å². The highest BCUT2D eigenvalue weighted by atomic mass is 16.3. The topological polar surface area (TPSA) is 29.3 Å².